The van der Waals surface area contributed by atoms with Gasteiger partial charge in [0, 0.05) is 18.7 Å². The molecular formula is C17H19N5O2. The predicted molar refractivity (Wildman–Crippen MR) is 86.8 cm³/mol. The second kappa shape index (κ2) is 5.96. The molecule has 0 unspecified atom stereocenters. The van der Waals surface area contributed by atoms with Crippen molar-refractivity contribution in [2.45, 2.75) is 39.5 Å². The Morgan fingerprint density at radius 1 is 1.21 bits per heavy atom. The van der Waals surface area contributed by atoms with Crippen molar-refractivity contribution >= 4 is 6.09 Å². The van der Waals surface area contributed by atoms with Crippen LogP contribution in [0.25, 0.3) is 11.4 Å². The molecule has 0 radical (unpaired) electrons. The van der Waals surface area contributed by atoms with Crippen LogP contribution in [0.2, 0.25) is 0 Å². The first-order valence-corrected chi connectivity index (χ1v) is 7.78. The maximum Gasteiger partial charge on any atom is 0.410 e. The Morgan fingerprint density at radius 2 is 1.92 bits per heavy atom. The minimum atomic E-state index is -0.518. The van der Waals surface area contributed by atoms with Gasteiger partial charge >= 0.3 is 6.09 Å². The van der Waals surface area contributed by atoms with Crippen molar-refractivity contribution in [2.75, 3.05) is 6.54 Å². The summed E-state index contributed by atoms with van der Waals surface area (Å²) < 4.78 is 7.41. The number of carbonyl (C=O) groups excluding carboxylic acids is 1. The Morgan fingerprint density at radius 3 is 2.54 bits per heavy atom. The second-order valence-electron chi connectivity index (χ2n) is 6.68. The summed E-state index contributed by atoms with van der Waals surface area (Å²) >= 11 is 0. The average molecular weight is 325 g/mol. The van der Waals surface area contributed by atoms with Crippen LogP contribution in [0.4, 0.5) is 4.79 Å². The summed E-state index contributed by atoms with van der Waals surface area (Å²) in [6.07, 6.45) is -0.336. The van der Waals surface area contributed by atoms with E-state index < -0.39 is 5.60 Å². The van der Waals surface area contributed by atoms with Crippen LogP contribution in [0.3, 0.4) is 0 Å². The van der Waals surface area contributed by atoms with E-state index in [0.717, 1.165) is 17.2 Å². The third-order valence-corrected chi connectivity index (χ3v) is 3.68. The van der Waals surface area contributed by atoms with Gasteiger partial charge in [0.2, 0.25) is 0 Å². The molecule has 0 atom stereocenters. The number of carbonyl (C=O) groups is 1. The standard InChI is InChI=1S/C17H19N5O2/c1-17(2,3)24-16(23)21-8-9-22-14(11-21)19-20-15(22)13-6-4-12(10-18)5-7-13/h4-7H,8-9,11H2,1-3H3. The molecule has 0 aliphatic carbocycles. The minimum Gasteiger partial charge on any atom is -0.444 e. The van der Waals surface area contributed by atoms with Gasteiger partial charge < -0.3 is 9.30 Å². The Hall–Kier alpha value is -2.88. The highest BCUT2D eigenvalue weighted by molar-refractivity contribution is 5.68. The molecule has 124 valence electrons. The molecule has 24 heavy (non-hydrogen) atoms. The van der Waals surface area contributed by atoms with Crippen LogP contribution < -0.4 is 0 Å². The van der Waals surface area contributed by atoms with E-state index in [4.69, 9.17) is 10.00 Å². The summed E-state index contributed by atoms with van der Waals surface area (Å²) in [7, 11) is 0. The molecule has 3 rings (SSSR count). The Balaban J connectivity index is 1.79. The fraction of sp³-hybridized carbons (Fsp3) is 0.412. The predicted octanol–water partition coefficient (Wildman–Crippen LogP) is 2.57. The molecule has 7 nitrogen and oxygen atoms in total. The number of amides is 1. The average Bonchev–Trinajstić information content (AvgIpc) is 2.96. The van der Waals surface area contributed by atoms with Crippen LogP contribution in [-0.4, -0.2) is 37.9 Å². The molecule has 0 spiro atoms. The minimum absolute atomic E-state index is 0.336. The van der Waals surface area contributed by atoms with E-state index in [1.807, 2.05) is 37.5 Å². The molecule has 1 aromatic heterocycles. The zero-order valence-corrected chi connectivity index (χ0v) is 14.0. The SMILES string of the molecule is CC(C)(C)OC(=O)N1CCn2c(nnc2-c2ccc(C#N)cc2)C1. The lowest BCUT2D eigenvalue weighted by atomic mass is 10.1. The molecule has 2 aromatic rings. The van der Waals surface area contributed by atoms with E-state index in [0.29, 0.717) is 25.2 Å². The van der Waals surface area contributed by atoms with E-state index in [-0.39, 0.29) is 6.09 Å². The highest BCUT2D eigenvalue weighted by Gasteiger charge is 2.28. The monoisotopic (exact) mass is 325 g/mol. The molecule has 7 heteroatoms. The van der Waals surface area contributed by atoms with E-state index in [1.165, 1.54) is 0 Å². The van der Waals surface area contributed by atoms with Gasteiger partial charge in [0.15, 0.2) is 11.6 Å². The Bertz CT molecular complexity index is 796. The van der Waals surface area contributed by atoms with E-state index in [9.17, 15) is 4.79 Å². The third kappa shape index (κ3) is 3.23. The summed E-state index contributed by atoms with van der Waals surface area (Å²) in [5.74, 6) is 1.48. The Kier molecular flexibility index (Phi) is 3.97. The molecule has 1 aromatic carbocycles. The van der Waals surface area contributed by atoms with E-state index in [2.05, 4.69) is 16.3 Å². The quantitative estimate of drug-likeness (QED) is 0.804. The molecule has 0 N–H and O–H groups in total. The first-order chi connectivity index (χ1) is 11.4. The van der Waals surface area contributed by atoms with Gasteiger partial charge in [-0.25, -0.2) is 4.79 Å². The smallest absolute Gasteiger partial charge is 0.410 e. The van der Waals surface area contributed by atoms with Gasteiger partial charge in [0.25, 0.3) is 0 Å². The van der Waals surface area contributed by atoms with Gasteiger partial charge in [-0.1, -0.05) is 0 Å². The van der Waals surface area contributed by atoms with Gasteiger partial charge in [-0.2, -0.15) is 5.26 Å². The normalized spacial score (nSPS) is 14.0. The maximum atomic E-state index is 12.2. The largest absolute Gasteiger partial charge is 0.444 e. The van der Waals surface area contributed by atoms with Crippen LogP contribution in [-0.2, 0) is 17.8 Å². The van der Waals surface area contributed by atoms with Crippen molar-refractivity contribution in [3.63, 3.8) is 0 Å². The maximum absolute atomic E-state index is 12.2. The number of hydrogen-bond acceptors (Lipinski definition) is 5. The summed E-state index contributed by atoms with van der Waals surface area (Å²) in [5, 5.41) is 17.3. The van der Waals surface area contributed by atoms with E-state index in [1.54, 1.807) is 17.0 Å². The zero-order chi connectivity index (χ0) is 17.3. The molecule has 1 aliphatic heterocycles. The molecule has 0 fully saturated rings. The number of ether oxygens (including phenoxy) is 1. The lowest BCUT2D eigenvalue weighted by molar-refractivity contribution is 0.0196. The van der Waals surface area contributed by atoms with Crippen LogP contribution >= 0.6 is 0 Å². The number of nitriles is 1. The summed E-state index contributed by atoms with van der Waals surface area (Å²) in [5.41, 5.74) is 0.988. The summed E-state index contributed by atoms with van der Waals surface area (Å²) in [4.78, 5) is 13.8. The van der Waals surface area contributed by atoms with E-state index >= 15 is 0 Å². The van der Waals surface area contributed by atoms with Crippen LogP contribution in [0.15, 0.2) is 24.3 Å². The third-order valence-electron chi connectivity index (χ3n) is 3.68. The topological polar surface area (TPSA) is 84.0 Å². The fourth-order valence-electron chi connectivity index (χ4n) is 2.55. The summed E-state index contributed by atoms with van der Waals surface area (Å²) in [6, 6.07) is 9.33. The Labute approximate surface area is 140 Å². The number of nitrogens with zero attached hydrogens (tertiary/aromatic N) is 5. The van der Waals surface area contributed by atoms with Gasteiger partial charge in [-0.3, -0.25) is 4.90 Å². The molecule has 1 aliphatic rings. The van der Waals surface area contributed by atoms with Crippen LogP contribution in [0.5, 0.6) is 0 Å². The molecule has 0 saturated heterocycles. The molecule has 0 bridgehead atoms. The number of fused-ring (bicyclic) bond motifs is 1. The zero-order valence-electron chi connectivity index (χ0n) is 14.0. The van der Waals surface area contributed by atoms with Crippen LogP contribution in [0.1, 0.15) is 32.2 Å². The fourth-order valence-corrected chi connectivity index (χ4v) is 2.55. The van der Waals surface area contributed by atoms with Crippen molar-refractivity contribution in [3.8, 4) is 17.5 Å². The van der Waals surface area contributed by atoms with Gasteiger partial charge in [0.1, 0.15) is 5.60 Å². The lowest BCUT2D eigenvalue weighted by Gasteiger charge is -2.30. The summed E-state index contributed by atoms with van der Waals surface area (Å²) in [6.45, 7) is 7.07. The first-order valence-electron chi connectivity index (χ1n) is 7.78. The van der Waals surface area contributed by atoms with Crippen molar-refractivity contribution in [1.82, 2.24) is 19.7 Å². The molecule has 1 amide bonds. The van der Waals surface area contributed by atoms with Crippen molar-refractivity contribution < 1.29 is 9.53 Å². The number of rotatable bonds is 1. The van der Waals surface area contributed by atoms with Gasteiger partial charge in [0.05, 0.1) is 18.2 Å². The van der Waals surface area contributed by atoms with Crippen molar-refractivity contribution in [1.29, 1.82) is 5.26 Å². The molecular weight excluding hydrogens is 306 g/mol. The highest BCUT2D eigenvalue weighted by Crippen LogP contribution is 2.23. The molecule has 2 heterocycles. The van der Waals surface area contributed by atoms with Gasteiger partial charge in [-0.15, -0.1) is 10.2 Å². The van der Waals surface area contributed by atoms with Crippen molar-refractivity contribution in [2.24, 2.45) is 0 Å². The molecule has 0 saturated carbocycles. The highest BCUT2D eigenvalue weighted by atomic mass is 16.6. The van der Waals surface area contributed by atoms with Crippen molar-refractivity contribution in [3.05, 3.63) is 35.7 Å². The first kappa shape index (κ1) is 16.0. The van der Waals surface area contributed by atoms with Gasteiger partial charge in [-0.05, 0) is 45.0 Å². The van der Waals surface area contributed by atoms with Crippen LogP contribution in [0, 0.1) is 11.3 Å². The lowest BCUT2D eigenvalue weighted by Crippen LogP contribution is -2.41. The number of hydrogen-bond donors (Lipinski definition) is 0. The number of aromatic nitrogens is 3. The second-order valence-corrected chi connectivity index (χ2v) is 6.68. The number of benzene rings is 1.